The summed E-state index contributed by atoms with van der Waals surface area (Å²) in [5, 5.41) is 3.62. The van der Waals surface area contributed by atoms with E-state index in [0.29, 0.717) is 18.2 Å². The van der Waals surface area contributed by atoms with Crippen molar-refractivity contribution in [3.8, 4) is 0 Å². The third kappa shape index (κ3) is 2.39. The van der Waals surface area contributed by atoms with Crippen molar-refractivity contribution < 1.29 is 4.74 Å². The maximum absolute atomic E-state index is 5.66. The molecule has 1 aliphatic carbocycles. The molecular formula is C14H23N3O. The summed E-state index contributed by atoms with van der Waals surface area (Å²) < 4.78 is 7.93. The fraction of sp³-hybridized carbons (Fsp3) is 0.786. The molecule has 2 unspecified atom stereocenters. The first-order chi connectivity index (χ1) is 8.84. The van der Waals surface area contributed by atoms with Crippen molar-refractivity contribution in [2.24, 2.45) is 0 Å². The molecule has 1 aliphatic heterocycles. The quantitative estimate of drug-likeness (QED) is 0.895. The smallest absolute Gasteiger partial charge is 0.203 e. The zero-order chi connectivity index (χ0) is 12.4. The normalized spacial score (nSPS) is 29.6. The number of nitrogens with zero attached hydrogens (tertiary/aromatic N) is 2. The topological polar surface area (TPSA) is 39.1 Å². The summed E-state index contributed by atoms with van der Waals surface area (Å²) >= 11 is 0. The van der Waals surface area contributed by atoms with E-state index in [2.05, 4.69) is 28.0 Å². The standard InChI is InChI=1S/C14H23N3O/c1-11-13(7-10-18-11)17-9-8-15-14(17)16-12-5-3-2-4-6-12/h8-9,11-13H,2-7,10H2,1H3,(H,15,16). The fourth-order valence-corrected chi connectivity index (χ4v) is 3.21. The van der Waals surface area contributed by atoms with Gasteiger partial charge in [0, 0.05) is 25.0 Å². The molecule has 0 aromatic carbocycles. The minimum absolute atomic E-state index is 0.297. The van der Waals surface area contributed by atoms with Gasteiger partial charge in [0.15, 0.2) is 0 Å². The Morgan fingerprint density at radius 2 is 2.11 bits per heavy atom. The first kappa shape index (κ1) is 12.0. The van der Waals surface area contributed by atoms with Crippen LogP contribution in [0, 0.1) is 0 Å². The van der Waals surface area contributed by atoms with E-state index in [4.69, 9.17) is 4.74 Å². The van der Waals surface area contributed by atoms with Gasteiger partial charge in [-0.05, 0) is 26.2 Å². The molecule has 4 nitrogen and oxygen atoms in total. The van der Waals surface area contributed by atoms with Crippen LogP contribution in [0.4, 0.5) is 5.95 Å². The van der Waals surface area contributed by atoms with Crippen LogP contribution in [-0.2, 0) is 4.74 Å². The number of aromatic nitrogens is 2. The number of hydrogen-bond acceptors (Lipinski definition) is 3. The van der Waals surface area contributed by atoms with Crippen molar-refractivity contribution in [3.05, 3.63) is 12.4 Å². The Hall–Kier alpha value is -1.03. The molecule has 0 amide bonds. The number of hydrogen-bond donors (Lipinski definition) is 1. The molecule has 1 saturated carbocycles. The van der Waals surface area contributed by atoms with E-state index in [0.717, 1.165) is 19.0 Å². The van der Waals surface area contributed by atoms with Crippen LogP contribution in [0.5, 0.6) is 0 Å². The fourth-order valence-electron chi connectivity index (χ4n) is 3.21. The lowest BCUT2D eigenvalue weighted by molar-refractivity contribution is 0.108. The summed E-state index contributed by atoms with van der Waals surface area (Å²) in [6.45, 7) is 3.02. The summed E-state index contributed by atoms with van der Waals surface area (Å²) in [5.74, 6) is 1.03. The molecule has 0 spiro atoms. The van der Waals surface area contributed by atoms with Gasteiger partial charge in [-0.1, -0.05) is 19.3 Å². The average Bonchev–Trinajstić information content (AvgIpc) is 2.99. The third-order valence-corrected chi connectivity index (χ3v) is 4.30. The SMILES string of the molecule is CC1OCCC1n1ccnc1NC1CCCCC1. The van der Waals surface area contributed by atoms with Crippen molar-refractivity contribution in [1.29, 1.82) is 0 Å². The van der Waals surface area contributed by atoms with E-state index < -0.39 is 0 Å². The molecule has 2 fully saturated rings. The van der Waals surface area contributed by atoms with Gasteiger partial charge in [0.05, 0.1) is 12.1 Å². The van der Waals surface area contributed by atoms with E-state index in [1.165, 1.54) is 32.1 Å². The zero-order valence-electron chi connectivity index (χ0n) is 11.1. The zero-order valence-corrected chi connectivity index (χ0v) is 11.1. The summed E-state index contributed by atoms with van der Waals surface area (Å²) in [6, 6.07) is 1.05. The Labute approximate surface area is 109 Å². The van der Waals surface area contributed by atoms with Crippen LogP contribution < -0.4 is 5.32 Å². The second kappa shape index (κ2) is 5.31. The van der Waals surface area contributed by atoms with Crippen LogP contribution in [0.3, 0.4) is 0 Å². The molecule has 1 N–H and O–H groups in total. The van der Waals surface area contributed by atoms with Crippen molar-refractivity contribution in [2.45, 2.75) is 63.6 Å². The minimum atomic E-state index is 0.297. The predicted octanol–water partition coefficient (Wildman–Crippen LogP) is 2.98. The minimum Gasteiger partial charge on any atom is -0.376 e. The van der Waals surface area contributed by atoms with Crippen molar-refractivity contribution >= 4 is 5.95 Å². The van der Waals surface area contributed by atoms with Gasteiger partial charge < -0.3 is 14.6 Å². The third-order valence-electron chi connectivity index (χ3n) is 4.30. The first-order valence-electron chi connectivity index (χ1n) is 7.25. The van der Waals surface area contributed by atoms with E-state index in [9.17, 15) is 0 Å². The number of ether oxygens (including phenoxy) is 1. The largest absolute Gasteiger partial charge is 0.376 e. The molecule has 3 rings (SSSR count). The predicted molar refractivity (Wildman–Crippen MR) is 71.8 cm³/mol. The number of imidazole rings is 1. The molecule has 1 saturated heterocycles. The van der Waals surface area contributed by atoms with Gasteiger partial charge in [0.2, 0.25) is 5.95 Å². The monoisotopic (exact) mass is 249 g/mol. The maximum Gasteiger partial charge on any atom is 0.203 e. The highest BCUT2D eigenvalue weighted by Gasteiger charge is 2.28. The number of rotatable bonds is 3. The first-order valence-corrected chi connectivity index (χ1v) is 7.25. The average molecular weight is 249 g/mol. The van der Waals surface area contributed by atoms with E-state index >= 15 is 0 Å². The second-order valence-corrected chi connectivity index (χ2v) is 5.57. The molecule has 1 aromatic rings. The summed E-state index contributed by atoms with van der Waals surface area (Å²) in [5.41, 5.74) is 0. The Morgan fingerprint density at radius 3 is 2.83 bits per heavy atom. The Bertz CT molecular complexity index is 384. The van der Waals surface area contributed by atoms with Crippen molar-refractivity contribution in [3.63, 3.8) is 0 Å². The molecule has 100 valence electrons. The molecule has 2 aliphatic rings. The van der Waals surface area contributed by atoms with Gasteiger partial charge >= 0.3 is 0 Å². The van der Waals surface area contributed by atoms with Crippen molar-refractivity contribution in [2.75, 3.05) is 11.9 Å². The van der Waals surface area contributed by atoms with E-state index in [1.807, 2.05) is 6.20 Å². The second-order valence-electron chi connectivity index (χ2n) is 5.57. The van der Waals surface area contributed by atoms with Crippen LogP contribution in [0.25, 0.3) is 0 Å². The Balaban J connectivity index is 1.70. The summed E-state index contributed by atoms with van der Waals surface area (Å²) in [7, 11) is 0. The lowest BCUT2D eigenvalue weighted by Crippen LogP contribution is -2.26. The van der Waals surface area contributed by atoms with Gasteiger partial charge in [0.25, 0.3) is 0 Å². The molecule has 2 atom stereocenters. The van der Waals surface area contributed by atoms with Crippen LogP contribution >= 0.6 is 0 Å². The molecular weight excluding hydrogens is 226 g/mol. The van der Waals surface area contributed by atoms with Crippen LogP contribution in [-0.4, -0.2) is 28.3 Å². The maximum atomic E-state index is 5.66. The lowest BCUT2D eigenvalue weighted by Gasteiger charge is -2.25. The molecule has 2 heterocycles. The van der Waals surface area contributed by atoms with Gasteiger partial charge in [-0.25, -0.2) is 4.98 Å². The highest BCUT2D eigenvalue weighted by atomic mass is 16.5. The number of nitrogens with one attached hydrogen (secondary N) is 1. The Morgan fingerprint density at radius 1 is 1.28 bits per heavy atom. The molecule has 0 radical (unpaired) electrons. The Kier molecular flexibility index (Phi) is 3.55. The highest BCUT2D eigenvalue weighted by molar-refractivity contribution is 5.29. The lowest BCUT2D eigenvalue weighted by atomic mass is 9.96. The summed E-state index contributed by atoms with van der Waals surface area (Å²) in [6.07, 6.45) is 12.0. The molecule has 1 aromatic heterocycles. The van der Waals surface area contributed by atoms with Crippen LogP contribution in [0.15, 0.2) is 12.4 Å². The molecule has 4 heteroatoms. The van der Waals surface area contributed by atoms with Crippen LogP contribution in [0.2, 0.25) is 0 Å². The molecule has 0 bridgehead atoms. The van der Waals surface area contributed by atoms with Gasteiger partial charge in [-0.2, -0.15) is 0 Å². The van der Waals surface area contributed by atoms with Crippen molar-refractivity contribution in [1.82, 2.24) is 9.55 Å². The van der Waals surface area contributed by atoms with Gasteiger partial charge in [0.1, 0.15) is 0 Å². The number of anilines is 1. The van der Waals surface area contributed by atoms with Gasteiger partial charge in [-0.15, -0.1) is 0 Å². The molecule has 18 heavy (non-hydrogen) atoms. The van der Waals surface area contributed by atoms with E-state index in [-0.39, 0.29) is 0 Å². The highest BCUT2D eigenvalue weighted by Crippen LogP contribution is 2.29. The van der Waals surface area contributed by atoms with Gasteiger partial charge in [-0.3, -0.25) is 0 Å². The summed E-state index contributed by atoms with van der Waals surface area (Å²) in [4.78, 5) is 4.49. The van der Waals surface area contributed by atoms with E-state index in [1.54, 1.807) is 0 Å². The van der Waals surface area contributed by atoms with Crippen LogP contribution in [0.1, 0.15) is 51.5 Å².